The summed E-state index contributed by atoms with van der Waals surface area (Å²) in [6, 6.07) is 9.94. The Morgan fingerprint density at radius 2 is 2.15 bits per heavy atom. The number of amidine groups is 1. The molecule has 0 atom stereocenters. The van der Waals surface area contributed by atoms with Crippen molar-refractivity contribution in [3.05, 3.63) is 68.6 Å². The third-order valence-corrected chi connectivity index (χ3v) is 4.52. The van der Waals surface area contributed by atoms with Crippen LogP contribution in [0.3, 0.4) is 0 Å². The SMILES string of the molecule is N/C(=N\OC(=O)c1ccn(COc2ccc(Cl)cc2Cl)n1)c1cccs1. The van der Waals surface area contributed by atoms with Gasteiger partial charge in [-0.25, -0.2) is 9.48 Å². The van der Waals surface area contributed by atoms with Gasteiger partial charge in [-0.2, -0.15) is 5.10 Å². The van der Waals surface area contributed by atoms with E-state index in [1.165, 1.54) is 22.1 Å². The number of carbonyl (C=O) groups is 1. The number of hydrogen-bond acceptors (Lipinski definition) is 6. The molecule has 0 saturated heterocycles. The van der Waals surface area contributed by atoms with Gasteiger partial charge >= 0.3 is 5.97 Å². The first-order valence-electron chi connectivity index (χ1n) is 7.23. The van der Waals surface area contributed by atoms with E-state index in [1.807, 2.05) is 11.4 Å². The number of halogens is 2. The quantitative estimate of drug-likeness (QED) is 0.289. The molecular formula is C16H12Cl2N4O3S. The second-order valence-electron chi connectivity index (χ2n) is 4.92. The van der Waals surface area contributed by atoms with Crippen LogP contribution in [-0.2, 0) is 11.6 Å². The highest BCUT2D eigenvalue weighted by Gasteiger charge is 2.13. The van der Waals surface area contributed by atoms with Gasteiger partial charge in [-0.1, -0.05) is 34.4 Å². The third-order valence-electron chi connectivity index (χ3n) is 3.10. The van der Waals surface area contributed by atoms with Gasteiger partial charge < -0.3 is 15.3 Å². The molecule has 7 nitrogen and oxygen atoms in total. The Morgan fingerprint density at radius 3 is 2.88 bits per heavy atom. The number of aromatic nitrogens is 2. The first-order chi connectivity index (χ1) is 12.5. The van der Waals surface area contributed by atoms with E-state index in [4.69, 9.17) is 38.5 Å². The molecule has 3 aromatic rings. The molecule has 0 aliphatic carbocycles. The maximum atomic E-state index is 12.0. The van der Waals surface area contributed by atoms with Crippen molar-refractivity contribution in [3.63, 3.8) is 0 Å². The van der Waals surface area contributed by atoms with E-state index >= 15 is 0 Å². The number of carbonyl (C=O) groups excluding carboxylic acids is 1. The zero-order chi connectivity index (χ0) is 18.5. The van der Waals surface area contributed by atoms with Crippen LogP contribution >= 0.6 is 34.5 Å². The second kappa shape index (κ2) is 8.22. The first-order valence-corrected chi connectivity index (χ1v) is 8.86. The molecule has 0 unspecified atom stereocenters. The predicted molar refractivity (Wildman–Crippen MR) is 99.8 cm³/mol. The van der Waals surface area contributed by atoms with Crippen LogP contribution in [0.15, 0.2) is 53.1 Å². The fourth-order valence-corrected chi connectivity index (χ4v) is 2.96. The molecule has 0 saturated carbocycles. The van der Waals surface area contributed by atoms with Gasteiger partial charge in [0.15, 0.2) is 18.3 Å². The molecule has 2 heterocycles. The third kappa shape index (κ3) is 4.54. The molecule has 0 bridgehead atoms. The van der Waals surface area contributed by atoms with Gasteiger partial charge in [-0.05, 0) is 35.7 Å². The summed E-state index contributed by atoms with van der Waals surface area (Å²) in [7, 11) is 0. The van der Waals surface area contributed by atoms with Crippen molar-refractivity contribution in [2.24, 2.45) is 10.9 Å². The minimum Gasteiger partial charge on any atom is -0.470 e. The number of benzene rings is 1. The van der Waals surface area contributed by atoms with E-state index in [2.05, 4.69) is 10.3 Å². The molecule has 26 heavy (non-hydrogen) atoms. The monoisotopic (exact) mass is 410 g/mol. The summed E-state index contributed by atoms with van der Waals surface area (Å²) in [5.41, 5.74) is 5.79. The van der Waals surface area contributed by atoms with Gasteiger partial charge in [0.1, 0.15) is 5.75 Å². The van der Waals surface area contributed by atoms with Gasteiger partial charge in [0, 0.05) is 11.2 Å². The normalized spacial score (nSPS) is 11.4. The molecule has 0 fully saturated rings. The van der Waals surface area contributed by atoms with E-state index in [-0.39, 0.29) is 18.3 Å². The summed E-state index contributed by atoms with van der Waals surface area (Å²) >= 11 is 13.2. The van der Waals surface area contributed by atoms with Crippen molar-refractivity contribution >= 4 is 46.3 Å². The maximum Gasteiger partial charge on any atom is 0.385 e. The average Bonchev–Trinajstić information content (AvgIpc) is 3.30. The van der Waals surface area contributed by atoms with Gasteiger partial charge in [-0.3, -0.25) is 0 Å². The highest BCUT2D eigenvalue weighted by atomic mass is 35.5. The van der Waals surface area contributed by atoms with Crippen molar-refractivity contribution < 1.29 is 14.4 Å². The van der Waals surface area contributed by atoms with E-state index in [0.717, 1.165) is 0 Å². The van der Waals surface area contributed by atoms with Crippen LogP contribution < -0.4 is 10.5 Å². The Bertz CT molecular complexity index is 941. The molecule has 2 N–H and O–H groups in total. The summed E-state index contributed by atoms with van der Waals surface area (Å²) in [6.45, 7) is 0.0508. The Labute approximate surface area is 162 Å². The number of ether oxygens (including phenoxy) is 1. The van der Waals surface area contributed by atoms with Gasteiger partial charge in [-0.15, -0.1) is 11.3 Å². The maximum absolute atomic E-state index is 12.0. The predicted octanol–water partition coefficient (Wildman–Crippen LogP) is 3.77. The topological polar surface area (TPSA) is 91.7 Å². The van der Waals surface area contributed by atoms with E-state index in [1.54, 1.807) is 30.5 Å². The number of rotatable bonds is 6. The van der Waals surface area contributed by atoms with Crippen molar-refractivity contribution in [3.8, 4) is 5.75 Å². The molecule has 0 radical (unpaired) electrons. The summed E-state index contributed by atoms with van der Waals surface area (Å²) in [5.74, 6) is -0.162. The van der Waals surface area contributed by atoms with Crippen LogP contribution in [0.5, 0.6) is 5.75 Å². The minimum atomic E-state index is -0.729. The van der Waals surface area contributed by atoms with Gasteiger partial charge in [0.25, 0.3) is 0 Å². The van der Waals surface area contributed by atoms with Crippen molar-refractivity contribution in [1.82, 2.24) is 9.78 Å². The van der Waals surface area contributed by atoms with Crippen LogP contribution in [0.4, 0.5) is 0 Å². The van der Waals surface area contributed by atoms with E-state index in [9.17, 15) is 4.79 Å². The number of thiophene rings is 1. The molecule has 3 rings (SSSR count). The molecule has 1 aromatic carbocycles. The lowest BCUT2D eigenvalue weighted by molar-refractivity contribution is 0.0507. The standard InChI is InChI=1S/C16H12Cl2N4O3S/c17-10-3-4-13(11(18)8-10)24-9-22-6-5-12(20-22)16(23)25-21-15(19)14-2-1-7-26-14/h1-8H,9H2,(H2,19,21). The van der Waals surface area contributed by atoms with Crippen LogP contribution in [0, 0.1) is 0 Å². The Morgan fingerprint density at radius 1 is 1.31 bits per heavy atom. The Balaban J connectivity index is 1.58. The number of hydrogen-bond donors (Lipinski definition) is 1. The molecule has 0 aliphatic rings. The number of nitrogens with two attached hydrogens (primary N) is 1. The molecule has 10 heteroatoms. The van der Waals surface area contributed by atoms with Gasteiger partial charge in [0.2, 0.25) is 0 Å². The lowest BCUT2D eigenvalue weighted by atomic mass is 10.3. The van der Waals surface area contributed by atoms with Crippen molar-refractivity contribution in [2.75, 3.05) is 0 Å². The average molecular weight is 411 g/mol. The fourth-order valence-electron chi connectivity index (χ4n) is 1.88. The first kappa shape index (κ1) is 18.2. The van der Waals surface area contributed by atoms with Gasteiger partial charge in [0.05, 0.1) is 9.90 Å². The molecule has 0 aliphatic heterocycles. The Kier molecular flexibility index (Phi) is 5.77. The molecule has 134 valence electrons. The lowest BCUT2D eigenvalue weighted by Gasteiger charge is -2.07. The van der Waals surface area contributed by atoms with E-state index < -0.39 is 5.97 Å². The van der Waals surface area contributed by atoms with Crippen LogP contribution in [0.1, 0.15) is 15.4 Å². The summed E-state index contributed by atoms with van der Waals surface area (Å²) in [5, 5.41) is 10.4. The molecular weight excluding hydrogens is 399 g/mol. The van der Waals surface area contributed by atoms with Crippen molar-refractivity contribution in [2.45, 2.75) is 6.73 Å². The summed E-state index contributed by atoms with van der Waals surface area (Å²) in [4.78, 5) is 17.5. The number of nitrogens with zero attached hydrogens (tertiary/aromatic N) is 3. The largest absolute Gasteiger partial charge is 0.470 e. The smallest absolute Gasteiger partial charge is 0.385 e. The summed E-state index contributed by atoms with van der Waals surface area (Å²) in [6.07, 6.45) is 1.56. The number of oxime groups is 1. The van der Waals surface area contributed by atoms with Crippen molar-refractivity contribution in [1.29, 1.82) is 0 Å². The van der Waals surface area contributed by atoms with Crippen LogP contribution in [-0.4, -0.2) is 21.6 Å². The minimum absolute atomic E-state index is 0.0508. The highest BCUT2D eigenvalue weighted by Crippen LogP contribution is 2.27. The van der Waals surface area contributed by atoms with E-state index in [0.29, 0.717) is 20.7 Å². The Hall–Kier alpha value is -2.55. The fraction of sp³-hybridized carbons (Fsp3) is 0.0625. The highest BCUT2D eigenvalue weighted by molar-refractivity contribution is 7.12. The second-order valence-corrected chi connectivity index (χ2v) is 6.71. The molecule has 0 amide bonds. The zero-order valence-corrected chi connectivity index (χ0v) is 15.5. The molecule has 2 aromatic heterocycles. The molecule has 0 spiro atoms. The zero-order valence-electron chi connectivity index (χ0n) is 13.1. The lowest BCUT2D eigenvalue weighted by Crippen LogP contribution is -2.14. The summed E-state index contributed by atoms with van der Waals surface area (Å²) < 4.78 is 6.94. The van der Waals surface area contributed by atoms with Crippen LogP contribution in [0.25, 0.3) is 0 Å². The van der Waals surface area contributed by atoms with Crippen LogP contribution in [0.2, 0.25) is 10.0 Å².